The third-order valence-electron chi connectivity index (χ3n) is 15.6. The molecule has 9 amide bonds. The first-order valence-corrected chi connectivity index (χ1v) is 32.1. The topological polar surface area (TPSA) is 450 Å². The van der Waals surface area contributed by atoms with Gasteiger partial charge in [-0.1, -0.05) is 84.0 Å². The Morgan fingerprint density at radius 3 is 1.88 bits per heavy atom. The molecule has 28 nitrogen and oxygen atoms in total. The number of rotatable bonds is 13. The van der Waals surface area contributed by atoms with Gasteiger partial charge in [-0.2, -0.15) is 0 Å². The number of hydrogen-bond acceptors (Lipinski definition) is 15. The highest BCUT2D eigenvalue weighted by molar-refractivity contribution is 8.76. The van der Waals surface area contributed by atoms with E-state index in [1.165, 1.54) is 18.7 Å². The van der Waals surface area contributed by atoms with E-state index < -0.39 is 120 Å². The van der Waals surface area contributed by atoms with Gasteiger partial charge < -0.3 is 85.4 Å². The number of aromatic amines is 1. The number of nitrogens with zero attached hydrogens (tertiary/aromatic N) is 3. The number of carbonyl (C=O) groups is 10. The number of aliphatic carboxylic acids is 1. The van der Waals surface area contributed by atoms with Crippen molar-refractivity contribution in [2.75, 3.05) is 37.7 Å². The first-order valence-electron chi connectivity index (χ1n) is 29.6. The predicted octanol–water partition coefficient (Wildman–Crippen LogP) is -1.24. The van der Waals surface area contributed by atoms with Crippen LogP contribution in [0.2, 0.25) is 0 Å². The lowest BCUT2D eigenvalue weighted by Gasteiger charge is -2.34. The van der Waals surface area contributed by atoms with Crippen LogP contribution in [-0.4, -0.2) is 189 Å². The van der Waals surface area contributed by atoms with E-state index in [-0.39, 0.29) is 93.3 Å². The van der Waals surface area contributed by atoms with Crippen LogP contribution in [0.15, 0.2) is 65.8 Å². The lowest BCUT2D eigenvalue weighted by Crippen LogP contribution is -2.60. The van der Waals surface area contributed by atoms with Crippen molar-refractivity contribution in [3.8, 4) is 0 Å². The molecule has 88 heavy (non-hydrogen) atoms. The molecule has 30 heteroatoms. The van der Waals surface area contributed by atoms with Crippen LogP contribution in [0.5, 0.6) is 0 Å². The SMILES string of the molecule is CC(C)C[C@@H]1NC(=O)[C@H](C)NC(=O)[C@H](CC2CCN(C(=N)N)CC2)NC(=O)[C@H](Cc2ccccc2)NC(=O)[C@H](CCCN=C(N)N)NC(=O)[C@H](C)NC(=O)[C@@H]2CCCN2C(=O)[C@@H](N)CSSC[C@@H](C(=O)O)NC(=O)[C@H](Cc2c[nH]c3ccccc23)NC1=O. The van der Waals surface area contributed by atoms with Crippen LogP contribution in [0.1, 0.15) is 90.2 Å². The number of carboxylic acids is 1. The maximum Gasteiger partial charge on any atom is 0.327 e. The van der Waals surface area contributed by atoms with E-state index in [0.717, 1.165) is 32.5 Å². The summed E-state index contributed by atoms with van der Waals surface area (Å²) in [6.07, 6.45) is 3.35. The Morgan fingerprint density at radius 1 is 0.670 bits per heavy atom. The van der Waals surface area contributed by atoms with E-state index in [0.29, 0.717) is 43.5 Å². The largest absolute Gasteiger partial charge is 0.480 e. The van der Waals surface area contributed by atoms with Crippen LogP contribution in [0.25, 0.3) is 10.9 Å². The number of fused-ring (bicyclic) bond motifs is 2. The fraction of sp³-hybridized carbons (Fsp3) is 0.552. The van der Waals surface area contributed by atoms with Crippen molar-refractivity contribution in [3.63, 3.8) is 0 Å². The molecule has 4 heterocycles. The van der Waals surface area contributed by atoms with Crippen LogP contribution in [0.3, 0.4) is 0 Å². The standard InChI is InChI=1S/C58H85N17O11S2/c1-31(2)24-41-51(80)72-44(27-36-28-65-39-15-9-8-14-37(36)39)53(82)73-45(56(85)86)30-88-87-29-38(59)55(84)75-21-11-17-46(75)54(83)67-33(4)47(76)68-40(16-10-20-64-57(60)61)49(78)70-43(25-34-12-6-5-7-13-34)52(81)71-42(50(79)66-32(3)48(77)69-41)26-35-18-22-74(23-19-35)58(62)63/h5-9,12-15,28,31-33,35,38,40-46,65H,10-11,16-27,29-30,59H2,1-4H3,(H3,62,63)(H,66,79)(H,67,83)(H,68,76)(H,69,77)(H,70,78)(H,71,81)(H,72,80)(H,73,82)(H,85,86)(H4,60,61,64)/t32-,33-,38-,40-,41-,42-,43-,44-,45-,46-/m0/s1. The number of nitrogens with two attached hydrogens (primary N) is 4. The number of hydrogen-bond donors (Lipinski definition) is 15. The zero-order valence-electron chi connectivity index (χ0n) is 50.0. The van der Waals surface area contributed by atoms with Crippen LogP contribution >= 0.6 is 21.6 Å². The van der Waals surface area contributed by atoms with Crippen molar-refractivity contribution < 1.29 is 53.1 Å². The normalized spacial score (nSPS) is 26.1. The summed E-state index contributed by atoms with van der Waals surface area (Å²) in [6.45, 7) is 7.44. The molecule has 480 valence electrons. The first kappa shape index (κ1) is 69.0. The molecule has 0 saturated carbocycles. The van der Waals surface area contributed by atoms with E-state index in [1.807, 2.05) is 32.0 Å². The zero-order valence-corrected chi connectivity index (χ0v) is 51.6. The molecule has 3 aliphatic rings. The summed E-state index contributed by atoms with van der Waals surface area (Å²) < 4.78 is 0. The summed E-state index contributed by atoms with van der Waals surface area (Å²) in [7, 11) is 2.10. The van der Waals surface area contributed by atoms with Crippen LogP contribution in [0.4, 0.5) is 0 Å². The maximum absolute atomic E-state index is 14.8. The van der Waals surface area contributed by atoms with Crippen LogP contribution in [0, 0.1) is 17.2 Å². The molecule has 3 aliphatic heterocycles. The fourth-order valence-corrected chi connectivity index (χ4v) is 12.9. The molecule has 0 unspecified atom stereocenters. The number of nitrogens with one attached hydrogen (secondary N) is 10. The Hall–Kier alpha value is -8.12. The smallest absolute Gasteiger partial charge is 0.327 e. The molecule has 2 aromatic carbocycles. The third-order valence-corrected chi connectivity index (χ3v) is 18.0. The minimum atomic E-state index is -1.50. The highest BCUT2D eigenvalue weighted by Gasteiger charge is 2.39. The predicted molar refractivity (Wildman–Crippen MR) is 334 cm³/mol. The highest BCUT2D eigenvalue weighted by Crippen LogP contribution is 2.27. The summed E-state index contributed by atoms with van der Waals surface area (Å²) in [5, 5.41) is 40.8. The second-order valence-corrected chi connectivity index (χ2v) is 25.5. The minimum absolute atomic E-state index is 0.0262. The number of H-pyrrole nitrogens is 1. The van der Waals surface area contributed by atoms with Gasteiger partial charge in [0, 0.05) is 67.6 Å². The summed E-state index contributed by atoms with van der Waals surface area (Å²) in [5.41, 5.74) is 25.3. The van der Waals surface area contributed by atoms with Crippen molar-refractivity contribution in [2.45, 2.75) is 152 Å². The van der Waals surface area contributed by atoms with Gasteiger partial charge in [-0.3, -0.25) is 53.6 Å². The lowest BCUT2D eigenvalue weighted by atomic mass is 9.89. The Balaban J connectivity index is 1.34. The molecular formula is C58H85N17O11S2. The molecule has 0 aliphatic carbocycles. The number of aliphatic imine (C=N–C) groups is 1. The van der Waals surface area contributed by atoms with Gasteiger partial charge in [-0.15, -0.1) is 0 Å². The second kappa shape index (κ2) is 33.3. The molecule has 3 aromatic rings. The molecule has 1 aromatic heterocycles. The maximum atomic E-state index is 14.8. The van der Waals surface area contributed by atoms with Crippen molar-refractivity contribution >= 4 is 104 Å². The molecule has 0 radical (unpaired) electrons. The fourth-order valence-electron chi connectivity index (χ4n) is 10.7. The highest BCUT2D eigenvalue weighted by atomic mass is 33.1. The Bertz CT molecular complexity index is 2990. The number of para-hydroxylation sites is 1. The zero-order chi connectivity index (χ0) is 64.2. The average molecular weight is 1260 g/mol. The number of benzene rings is 2. The van der Waals surface area contributed by atoms with Gasteiger partial charge in [-0.05, 0) is 94.2 Å². The average Bonchev–Trinajstić information content (AvgIpc) is 2.90. The van der Waals surface area contributed by atoms with Gasteiger partial charge in [0.05, 0.1) is 6.04 Å². The van der Waals surface area contributed by atoms with E-state index in [4.69, 9.17) is 28.3 Å². The lowest BCUT2D eigenvalue weighted by molar-refractivity contribution is -0.141. The molecule has 0 bridgehead atoms. The Labute approximate surface area is 518 Å². The number of aromatic nitrogens is 1. The summed E-state index contributed by atoms with van der Waals surface area (Å²) in [4.78, 5) is 152. The molecule has 0 spiro atoms. The summed E-state index contributed by atoms with van der Waals surface area (Å²) in [5.74, 6) is -9.16. The molecule has 3 fully saturated rings. The van der Waals surface area contributed by atoms with E-state index in [2.05, 4.69) is 52.5 Å². The third kappa shape index (κ3) is 20.5. The van der Waals surface area contributed by atoms with Gasteiger partial charge in [0.2, 0.25) is 53.2 Å². The van der Waals surface area contributed by atoms with Gasteiger partial charge in [0.1, 0.15) is 54.4 Å². The molecular weight excluding hydrogens is 1170 g/mol. The Kier molecular flexibility index (Phi) is 26.1. The molecule has 10 atom stereocenters. The van der Waals surface area contributed by atoms with E-state index in [9.17, 15) is 53.1 Å². The van der Waals surface area contributed by atoms with Crippen molar-refractivity contribution in [2.24, 2.45) is 39.8 Å². The number of amides is 9. The number of carboxylic acid groups (broad SMARTS) is 1. The van der Waals surface area contributed by atoms with Crippen LogP contribution in [-0.2, 0) is 60.8 Å². The molecule has 3 saturated heterocycles. The Morgan fingerprint density at radius 2 is 1.23 bits per heavy atom. The van der Waals surface area contributed by atoms with Crippen molar-refractivity contribution in [1.82, 2.24) is 57.3 Å². The van der Waals surface area contributed by atoms with Gasteiger partial charge in [0.15, 0.2) is 11.9 Å². The van der Waals surface area contributed by atoms with E-state index in [1.54, 1.807) is 47.5 Å². The number of guanidine groups is 2. The van der Waals surface area contributed by atoms with E-state index >= 15 is 0 Å². The monoisotopic (exact) mass is 1260 g/mol. The number of carbonyl (C=O) groups excluding carboxylic acids is 9. The number of likely N-dealkylation sites (tertiary alicyclic amines) is 1. The molecule has 6 rings (SSSR count). The van der Waals surface area contributed by atoms with Crippen molar-refractivity contribution in [1.29, 1.82) is 5.41 Å². The second-order valence-electron chi connectivity index (χ2n) is 22.9. The van der Waals surface area contributed by atoms with Crippen LogP contribution < -0.4 is 65.5 Å². The first-order chi connectivity index (χ1) is 41.9. The van der Waals surface area contributed by atoms with Gasteiger partial charge in [0.25, 0.3) is 0 Å². The molecule has 19 N–H and O–H groups in total. The number of piperidine rings is 1. The summed E-state index contributed by atoms with van der Waals surface area (Å²) >= 11 is 0. The summed E-state index contributed by atoms with van der Waals surface area (Å²) in [6, 6.07) is 3.02. The van der Waals surface area contributed by atoms with Gasteiger partial charge in [-0.25, -0.2) is 4.79 Å². The van der Waals surface area contributed by atoms with Gasteiger partial charge >= 0.3 is 5.97 Å². The minimum Gasteiger partial charge on any atom is -0.480 e. The quantitative estimate of drug-likeness (QED) is 0.0412. The van der Waals surface area contributed by atoms with Crippen molar-refractivity contribution in [3.05, 3.63) is 71.9 Å².